The second-order valence-electron chi connectivity index (χ2n) is 4.14. The molecule has 0 aliphatic carbocycles. The molecule has 0 aliphatic rings. The quantitative estimate of drug-likeness (QED) is 0.715. The minimum Gasteiger partial charge on any atom is -0.339 e. The summed E-state index contributed by atoms with van der Waals surface area (Å²) in [6.45, 7) is 0. The Kier molecular flexibility index (Phi) is 3.20. The van der Waals surface area contributed by atoms with Gasteiger partial charge in [-0.25, -0.2) is 13.8 Å². The van der Waals surface area contributed by atoms with Crippen molar-refractivity contribution in [1.29, 1.82) is 0 Å². The number of benzene rings is 2. The summed E-state index contributed by atoms with van der Waals surface area (Å²) in [5, 5.41) is 3.62. The van der Waals surface area contributed by atoms with Gasteiger partial charge in [-0.2, -0.15) is 4.98 Å². The van der Waals surface area contributed by atoms with Crippen molar-refractivity contribution in [3.63, 3.8) is 0 Å². The SMILES string of the molecule is Fc1cc(F)cc(Nc2nc(Cl)nc3ccccc23)c1. The van der Waals surface area contributed by atoms with Gasteiger partial charge < -0.3 is 5.32 Å². The van der Waals surface area contributed by atoms with E-state index in [1.165, 1.54) is 12.1 Å². The van der Waals surface area contributed by atoms with Gasteiger partial charge in [0.25, 0.3) is 0 Å². The lowest BCUT2D eigenvalue weighted by Gasteiger charge is -2.09. The Bertz CT molecular complexity index is 772. The largest absolute Gasteiger partial charge is 0.339 e. The summed E-state index contributed by atoms with van der Waals surface area (Å²) in [4.78, 5) is 8.13. The number of halogens is 3. The third kappa shape index (κ3) is 2.53. The molecule has 0 bridgehead atoms. The van der Waals surface area contributed by atoms with Crippen LogP contribution < -0.4 is 5.32 Å². The summed E-state index contributed by atoms with van der Waals surface area (Å²) in [7, 11) is 0. The van der Waals surface area contributed by atoms with E-state index in [1.807, 2.05) is 12.1 Å². The van der Waals surface area contributed by atoms with Crippen LogP contribution in [0.1, 0.15) is 0 Å². The fourth-order valence-electron chi connectivity index (χ4n) is 1.91. The first kappa shape index (κ1) is 12.7. The summed E-state index contributed by atoms with van der Waals surface area (Å²) < 4.78 is 26.4. The zero-order chi connectivity index (χ0) is 14.1. The maximum atomic E-state index is 13.2. The number of nitrogens with one attached hydrogen (secondary N) is 1. The van der Waals surface area contributed by atoms with E-state index in [4.69, 9.17) is 11.6 Å². The van der Waals surface area contributed by atoms with Gasteiger partial charge in [-0.05, 0) is 35.9 Å². The van der Waals surface area contributed by atoms with E-state index in [2.05, 4.69) is 15.3 Å². The summed E-state index contributed by atoms with van der Waals surface area (Å²) in [5.41, 5.74) is 0.897. The average molecular weight is 292 g/mol. The molecule has 3 aromatic rings. The number of para-hydroxylation sites is 1. The predicted molar refractivity (Wildman–Crippen MR) is 74.2 cm³/mol. The fourth-order valence-corrected chi connectivity index (χ4v) is 2.08. The lowest BCUT2D eigenvalue weighted by atomic mass is 10.2. The van der Waals surface area contributed by atoms with Gasteiger partial charge in [0.05, 0.1) is 5.52 Å². The van der Waals surface area contributed by atoms with Crippen molar-refractivity contribution in [3.05, 3.63) is 59.4 Å². The van der Waals surface area contributed by atoms with Crippen molar-refractivity contribution in [3.8, 4) is 0 Å². The molecule has 1 heterocycles. The molecular weight excluding hydrogens is 284 g/mol. The second-order valence-corrected chi connectivity index (χ2v) is 4.48. The summed E-state index contributed by atoms with van der Waals surface area (Å²) in [6, 6.07) is 10.4. The minimum absolute atomic E-state index is 0.0584. The van der Waals surface area contributed by atoms with Gasteiger partial charge in [0.2, 0.25) is 5.28 Å². The van der Waals surface area contributed by atoms with Crippen LogP contribution in [0.3, 0.4) is 0 Å². The van der Waals surface area contributed by atoms with Crippen LogP contribution in [-0.2, 0) is 0 Å². The van der Waals surface area contributed by atoms with E-state index in [0.717, 1.165) is 6.07 Å². The zero-order valence-corrected chi connectivity index (χ0v) is 10.8. The summed E-state index contributed by atoms with van der Waals surface area (Å²) in [5.74, 6) is -0.945. The topological polar surface area (TPSA) is 37.8 Å². The predicted octanol–water partition coefficient (Wildman–Crippen LogP) is 4.31. The molecule has 1 N–H and O–H groups in total. The average Bonchev–Trinajstić information content (AvgIpc) is 2.37. The second kappa shape index (κ2) is 5.02. The number of anilines is 2. The van der Waals surface area contributed by atoms with Crippen molar-refractivity contribution in [1.82, 2.24) is 9.97 Å². The van der Waals surface area contributed by atoms with Gasteiger partial charge >= 0.3 is 0 Å². The van der Waals surface area contributed by atoms with Crippen molar-refractivity contribution in [2.45, 2.75) is 0 Å². The molecule has 3 rings (SSSR count). The van der Waals surface area contributed by atoms with E-state index < -0.39 is 11.6 Å². The highest BCUT2D eigenvalue weighted by Crippen LogP contribution is 2.25. The molecule has 0 amide bonds. The lowest BCUT2D eigenvalue weighted by Crippen LogP contribution is -1.98. The Morgan fingerprint density at radius 2 is 1.65 bits per heavy atom. The normalized spacial score (nSPS) is 10.8. The van der Waals surface area contributed by atoms with Crippen LogP contribution in [0.4, 0.5) is 20.3 Å². The van der Waals surface area contributed by atoms with E-state index in [0.29, 0.717) is 16.7 Å². The molecule has 0 saturated carbocycles. The maximum absolute atomic E-state index is 13.2. The van der Waals surface area contributed by atoms with E-state index in [1.54, 1.807) is 12.1 Å². The van der Waals surface area contributed by atoms with Crippen LogP contribution in [0.15, 0.2) is 42.5 Å². The van der Waals surface area contributed by atoms with Crippen LogP contribution in [0.5, 0.6) is 0 Å². The van der Waals surface area contributed by atoms with Crippen molar-refractivity contribution < 1.29 is 8.78 Å². The van der Waals surface area contributed by atoms with Crippen LogP contribution in [0.2, 0.25) is 5.28 Å². The van der Waals surface area contributed by atoms with Crippen LogP contribution >= 0.6 is 11.6 Å². The fraction of sp³-hybridized carbons (Fsp3) is 0. The molecule has 0 saturated heterocycles. The van der Waals surface area contributed by atoms with E-state index in [-0.39, 0.29) is 11.0 Å². The number of fused-ring (bicyclic) bond motifs is 1. The van der Waals surface area contributed by atoms with Gasteiger partial charge in [0.1, 0.15) is 17.5 Å². The van der Waals surface area contributed by atoms with Crippen LogP contribution in [0, 0.1) is 11.6 Å². The molecule has 20 heavy (non-hydrogen) atoms. The van der Waals surface area contributed by atoms with Crippen molar-refractivity contribution >= 4 is 34.0 Å². The molecule has 2 aromatic carbocycles. The molecule has 0 spiro atoms. The Labute approximate surface area is 118 Å². The number of nitrogens with zero attached hydrogens (tertiary/aromatic N) is 2. The van der Waals surface area contributed by atoms with Crippen molar-refractivity contribution in [2.24, 2.45) is 0 Å². The highest BCUT2D eigenvalue weighted by Gasteiger charge is 2.08. The molecule has 0 atom stereocenters. The smallest absolute Gasteiger partial charge is 0.224 e. The molecule has 1 aromatic heterocycles. The third-order valence-electron chi connectivity index (χ3n) is 2.70. The standard InChI is InChI=1S/C14H8ClF2N3/c15-14-19-12-4-2-1-3-11(12)13(20-14)18-10-6-8(16)5-9(17)7-10/h1-7H,(H,18,19,20). The Hall–Kier alpha value is -2.27. The summed E-state index contributed by atoms with van der Waals surface area (Å²) in [6.07, 6.45) is 0. The van der Waals surface area contributed by atoms with Gasteiger partial charge in [0.15, 0.2) is 0 Å². The van der Waals surface area contributed by atoms with Gasteiger partial charge in [-0.3, -0.25) is 0 Å². The van der Waals surface area contributed by atoms with Gasteiger partial charge in [-0.15, -0.1) is 0 Å². The monoisotopic (exact) mass is 291 g/mol. The number of aromatic nitrogens is 2. The molecule has 3 nitrogen and oxygen atoms in total. The lowest BCUT2D eigenvalue weighted by molar-refractivity contribution is 0.584. The highest BCUT2D eigenvalue weighted by atomic mass is 35.5. The summed E-state index contributed by atoms with van der Waals surface area (Å²) >= 11 is 5.84. The van der Waals surface area contributed by atoms with Gasteiger partial charge in [-0.1, -0.05) is 12.1 Å². The molecular formula is C14H8ClF2N3. The Morgan fingerprint density at radius 1 is 0.950 bits per heavy atom. The first-order chi connectivity index (χ1) is 9.61. The first-order valence-electron chi connectivity index (χ1n) is 5.77. The van der Waals surface area contributed by atoms with Crippen molar-refractivity contribution in [2.75, 3.05) is 5.32 Å². The van der Waals surface area contributed by atoms with Crippen LogP contribution in [0.25, 0.3) is 10.9 Å². The minimum atomic E-state index is -0.669. The Balaban J connectivity index is 2.10. The molecule has 0 aliphatic heterocycles. The highest BCUT2D eigenvalue weighted by molar-refractivity contribution is 6.28. The molecule has 6 heteroatoms. The zero-order valence-electron chi connectivity index (χ0n) is 10.1. The molecule has 100 valence electrons. The van der Waals surface area contributed by atoms with E-state index >= 15 is 0 Å². The molecule has 0 fully saturated rings. The van der Waals surface area contributed by atoms with E-state index in [9.17, 15) is 8.78 Å². The first-order valence-corrected chi connectivity index (χ1v) is 6.15. The number of hydrogen-bond donors (Lipinski definition) is 1. The third-order valence-corrected chi connectivity index (χ3v) is 2.87. The molecule has 0 unspecified atom stereocenters. The number of hydrogen-bond acceptors (Lipinski definition) is 3. The maximum Gasteiger partial charge on any atom is 0.224 e. The molecule has 0 radical (unpaired) electrons. The van der Waals surface area contributed by atoms with Crippen LogP contribution in [-0.4, -0.2) is 9.97 Å². The van der Waals surface area contributed by atoms with Gasteiger partial charge in [0, 0.05) is 17.1 Å². The Morgan fingerprint density at radius 3 is 2.40 bits per heavy atom. The number of rotatable bonds is 2.